The highest BCUT2D eigenvalue weighted by Gasteiger charge is 1.97. The molecular formula is C11H12O4. The minimum Gasteiger partial charge on any atom is -0.478 e. The predicted molar refractivity (Wildman–Crippen MR) is 55.4 cm³/mol. The van der Waals surface area contributed by atoms with Crippen LogP contribution < -0.4 is 4.74 Å². The first-order valence-electron chi connectivity index (χ1n) is 4.44. The Morgan fingerprint density at radius 1 is 1.40 bits per heavy atom. The number of hydrogen-bond donors (Lipinski definition) is 2. The van der Waals surface area contributed by atoms with Gasteiger partial charge in [-0.3, -0.25) is 0 Å². The lowest BCUT2D eigenvalue weighted by atomic mass is 10.2. The summed E-state index contributed by atoms with van der Waals surface area (Å²) >= 11 is 0. The highest BCUT2D eigenvalue weighted by Crippen LogP contribution is 2.14. The van der Waals surface area contributed by atoms with Crippen LogP contribution >= 0.6 is 0 Å². The molecule has 1 aromatic rings. The Morgan fingerprint density at radius 3 is 2.47 bits per heavy atom. The summed E-state index contributed by atoms with van der Waals surface area (Å²) in [6.07, 6.45) is 1.68. The van der Waals surface area contributed by atoms with Crippen LogP contribution in [0.4, 0.5) is 0 Å². The highest BCUT2D eigenvalue weighted by atomic mass is 16.6. The Hall–Kier alpha value is -1.81. The number of benzene rings is 1. The fourth-order valence-electron chi connectivity index (χ4n) is 1.02. The van der Waals surface area contributed by atoms with Gasteiger partial charge in [0.1, 0.15) is 5.75 Å². The third-order valence-electron chi connectivity index (χ3n) is 1.61. The number of rotatable bonds is 4. The van der Waals surface area contributed by atoms with Crippen molar-refractivity contribution < 1.29 is 19.7 Å². The average Bonchev–Trinajstić information content (AvgIpc) is 2.16. The largest absolute Gasteiger partial charge is 0.478 e. The summed E-state index contributed by atoms with van der Waals surface area (Å²) in [4.78, 5) is 10.2. The van der Waals surface area contributed by atoms with Gasteiger partial charge in [0.05, 0.1) is 0 Å². The molecule has 15 heavy (non-hydrogen) atoms. The summed E-state index contributed by atoms with van der Waals surface area (Å²) in [6, 6.07) is 6.73. The molecule has 0 radical (unpaired) electrons. The van der Waals surface area contributed by atoms with Crippen molar-refractivity contribution in [1.82, 2.24) is 0 Å². The molecule has 0 aliphatic carbocycles. The van der Waals surface area contributed by atoms with Gasteiger partial charge < -0.3 is 14.9 Å². The van der Waals surface area contributed by atoms with Crippen molar-refractivity contribution in [2.45, 2.75) is 13.2 Å². The molecule has 0 aliphatic heterocycles. The van der Waals surface area contributed by atoms with Crippen LogP contribution in [-0.4, -0.2) is 22.5 Å². The van der Waals surface area contributed by atoms with Crippen LogP contribution in [-0.2, 0) is 4.79 Å². The van der Waals surface area contributed by atoms with Gasteiger partial charge in [-0.1, -0.05) is 12.1 Å². The van der Waals surface area contributed by atoms with Crippen LogP contribution in [0.3, 0.4) is 0 Å². The van der Waals surface area contributed by atoms with E-state index in [2.05, 4.69) is 0 Å². The van der Waals surface area contributed by atoms with Crippen molar-refractivity contribution in [1.29, 1.82) is 0 Å². The molecule has 0 saturated heterocycles. The molecule has 0 bridgehead atoms. The van der Waals surface area contributed by atoms with E-state index < -0.39 is 12.3 Å². The molecule has 0 spiro atoms. The average molecular weight is 208 g/mol. The van der Waals surface area contributed by atoms with Gasteiger partial charge in [-0.15, -0.1) is 0 Å². The second kappa shape index (κ2) is 5.17. The lowest BCUT2D eigenvalue weighted by Gasteiger charge is -2.07. The van der Waals surface area contributed by atoms with Gasteiger partial charge in [-0.05, 0) is 30.7 Å². The van der Waals surface area contributed by atoms with Crippen molar-refractivity contribution in [3.8, 4) is 5.75 Å². The van der Waals surface area contributed by atoms with E-state index in [1.54, 1.807) is 24.3 Å². The highest BCUT2D eigenvalue weighted by molar-refractivity contribution is 5.85. The Kier molecular flexibility index (Phi) is 3.88. The Labute approximate surface area is 87.4 Å². The number of ether oxygens (including phenoxy) is 1. The van der Waals surface area contributed by atoms with E-state index in [1.807, 2.05) is 0 Å². The third kappa shape index (κ3) is 4.28. The predicted octanol–water partition coefficient (Wildman–Crippen LogP) is 1.50. The van der Waals surface area contributed by atoms with Crippen molar-refractivity contribution in [3.63, 3.8) is 0 Å². The van der Waals surface area contributed by atoms with Crippen LogP contribution in [0.1, 0.15) is 12.5 Å². The minimum atomic E-state index is -0.987. The van der Waals surface area contributed by atoms with E-state index in [9.17, 15) is 4.79 Å². The van der Waals surface area contributed by atoms with Crippen molar-refractivity contribution in [2.24, 2.45) is 0 Å². The topological polar surface area (TPSA) is 66.8 Å². The van der Waals surface area contributed by atoms with Crippen LogP contribution in [0.5, 0.6) is 5.75 Å². The first-order chi connectivity index (χ1) is 7.08. The zero-order valence-electron chi connectivity index (χ0n) is 8.25. The van der Waals surface area contributed by atoms with Crippen LogP contribution in [0.15, 0.2) is 30.3 Å². The van der Waals surface area contributed by atoms with Crippen molar-refractivity contribution >= 4 is 12.0 Å². The van der Waals surface area contributed by atoms with Gasteiger partial charge in [-0.2, -0.15) is 0 Å². The summed E-state index contributed by atoms with van der Waals surface area (Å²) in [7, 11) is 0. The molecule has 0 fully saturated rings. The van der Waals surface area contributed by atoms with Gasteiger partial charge in [0.15, 0.2) is 6.29 Å². The van der Waals surface area contributed by atoms with E-state index >= 15 is 0 Å². The number of hydrogen-bond acceptors (Lipinski definition) is 3. The van der Waals surface area contributed by atoms with Gasteiger partial charge >= 0.3 is 5.97 Å². The Bertz CT molecular complexity index is 351. The molecule has 1 aromatic carbocycles. The van der Waals surface area contributed by atoms with E-state index in [1.165, 1.54) is 13.0 Å². The molecule has 0 heterocycles. The van der Waals surface area contributed by atoms with Gasteiger partial charge in [-0.25, -0.2) is 4.79 Å². The number of carboxylic acid groups (broad SMARTS) is 1. The fraction of sp³-hybridized carbons (Fsp3) is 0.182. The lowest BCUT2D eigenvalue weighted by molar-refractivity contribution is -0.131. The first-order valence-corrected chi connectivity index (χ1v) is 4.44. The van der Waals surface area contributed by atoms with Gasteiger partial charge in [0, 0.05) is 6.08 Å². The fourth-order valence-corrected chi connectivity index (χ4v) is 1.02. The van der Waals surface area contributed by atoms with Crippen LogP contribution in [0, 0.1) is 0 Å². The summed E-state index contributed by atoms with van der Waals surface area (Å²) in [6.45, 7) is 1.51. The molecule has 0 amide bonds. The second-order valence-corrected chi connectivity index (χ2v) is 2.96. The van der Waals surface area contributed by atoms with Crippen molar-refractivity contribution in [3.05, 3.63) is 35.9 Å². The standard InChI is InChI=1S/C11H12O4/c1-8(12)15-10-5-2-9(3-6-10)4-7-11(13)14/h2-8,12H,1H3,(H,13,14)/b7-4+/t8-/m0/s1. The number of aliphatic carboxylic acids is 1. The smallest absolute Gasteiger partial charge is 0.328 e. The number of carboxylic acids is 1. The SMILES string of the molecule is C[C@@H](O)Oc1ccc(/C=C/C(=O)O)cc1. The molecule has 2 N–H and O–H groups in total. The summed E-state index contributed by atoms with van der Waals surface area (Å²) in [5.74, 6) is -0.447. The maximum Gasteiger partial charge on any atom is 0.328 e. The molecule has 4 heteroatoms. The van der Waals surface area contributed by atoms with Crippen molar-refractivity contribution in [2.75, 3.05) is 0 Å². The summed E-state index contributed by atoms with van der Waals surface area (Å²) in [5.41, 5.74) is 0.760. The Morgan fingerprint density at radius 2 is 2.00 bits per heavy atom. The molecule has 1 atom stereocenters. The molecule has 0 aliphatic rings. The molecule has 80 valence electrons. The zero-order valence-corrected chi connectivity index (χ0v) is 8.25. The number of aliphatic hydroxyl groups is 1. The van der Waals surface area contributed by atoms with E-state index in [0.717, 1.165) is 11.6 Å². The summed E-state index contributed by atoms with van der Waals surface area (Å²) in [5, 5.41) is 17.3. The molecule has 1 rings (SSSR count). The lowest BCUT2D eigenvalue weighted by Crippen LogP contribution is -2.09. The monoisotopic (exact) mass is 208 g/mol. The quantitative estimate of drug-likeness (QED) is 0.581. The summed E-state index contributed by atoms with van der Waals surface area (Å²) < 4.78 is 5.01. The third-order valence-corrected chi connectivity index (χ3v) is 1.61. The second-order valence-electron chi connectivity index (χ2n) is 2.96. The van der Waals surface area contributed by atoms with E-state index in [0.29, 0.717) is 5.75 Å². The van der Waals surface area contributed by atoms with Crippen LogP contribution in [0.2, 0.25) is 0 Å². The molecule has 0 unspecified atom stereocenters. The Balaban J connectivity index is 2.68. The number of carbonyl (C=O) groups is 1. The molecule has 0 aromatic heterocycles. The maximum atomic E-state index is 10.2. The van der Waals surface area contributed by atoms with E-state index in [-0.39, 0.29) is 0 Å². The maximum absolute atomic E-state index is 10.2. The molecule has 0 saturated carbocycles. The first kappa shape index (κ1) is 11.3. The van der Waals surface area contributed by atoms with Gasteiger partial charge in [0.25, 0.3) is 0 Å². The normalized spacial score (nSPS) is 12.7. The van der Waals surface area contributed by atoms with Crippen LogP contribution in [0.25, 0.3) is 6.08 Å². The van der Waals surface area contributed by atoms with Gasteiger partial charge in [0.2, 0.25) is 0 Å². The number of aliphatic hydroxyl groups excluding tert-OH is 1. The minimum absolute atomic E-state index is 0.539. The molecular weight excluding hydrogens is 196 g/mol. The van der Waals surface area contributed by atoms with E-state index in [4.69, 9.17) is 14.9 Å². The zero-order chi connectivity index (χ0) is 11.3. The molecule has 4 nitrogen and oxygen atoms in total.